The molecule has 0 aliphatic carbocycles. The molecule has 5 heteroatoms. The van der Waals surface area contributed by atoms with E-state index in [-0.39, 0.29) is 11.6 Å². The Kier molecular flexibility index (Phi) is 3.60. The third-order valence-electron chi connectivity index (χ3n) is 2.32. The van der Waals surface area contributed by atoms with Gasteiger partial charge in [0.1, 0.15) is 0 Å². The smallest absolute Gasteiger partial charge is 0.417 e. The zero-order valence-corrected chi connectivity index (χ0v) is 9.30. The van der Waals surface area contributed by atoms with Crippen molar-refractivity contribution in [3.8, 4) is 0 Å². The number of allylic oxidation sites excluding steroid dienone is 1. The summed E-state index contributed by atoms with van der Waals surface area (Å²) in [5.41, 5.74) is -0.396. The third-order valence-corrected chi connectivity index (χ3v) is 2.32. The van der Waals surface area contributed by atoms with Gasteiger partial charge in [-0.15, -0.1) is 0 Å². The molecule has 0 atom stereocenters. The van der Waals surface area contributed by atoms with Gasteiger partial charge in [-0.25, -0.2) is 4.79 Å². The fourth-order valence-electron chi connectivity index (χ4n) is 1.66. The van der Waals surface area contributed by atoms with Crippen molar-refractivity contribution in [3.05, 3.63) is 41.0 Å². The van der Waals surface area contributed by atoms with Crippen molar-refractivity contribution in [1.82, 2.24) is 0 Å². The Morgan fingerprint density at radius 2 is 1.71 bits per heavy atom. The van der Waals surface area contributed by atoms with Crippen molar-refractivity contribution in [2.45, 2.75) is 20.0 Å². The Balaban J connectivity index is 3.49. The zero-order valence-electron chi connectivity index (χ0n) is 9.30. The summed E-state index contributed by atoms with van der Waals surface area (Å²) in [6.07, 6.45) is -4.48. The van der Waals surface area contributed by atoms with Crippen molar-refractivity contribution < 1.29 is 23.1 Å². The van der Waals surface area contributed by atoms with Crippen LogP contribution in [-0.2, 0) is 4.79 Å². The summed E-state index contributed by atoms with van der Waals surface area (Å²) in [5, 5.41) is 8.51. The summed E-state index contributed by atoms with van der Waals surface area (Å²) < 4.78 is 38.4. The van der Waals surface area contributed by atoms with Crippen LogP contribution in [0.1, 0.15) is 16.7 Å². The Hall–Kier alpha value is -1.78. The van der Waals surface area contributed by atoms with Crippen molar-refractivity contribution in [2.75, 3.05) is 0 Å². The number of rotatable bonds is 2. The van der Waals surface area contributed by atoms with Gasteiger partial charge in [0.05, 0.1) is 5.57 Å². The molecule has 1 aromatic carbocycles. The summed E-state index contributed by atoms with van der Waals surface area (Å²) in [4.78, 5) is 10.5. The maximum atomic E-state index is 12.8. The standard InChI is InChI=1S/C12H11F3O2/c1-7-4-3-5-8(2)11(7)9(6-10(16)17)12(13,14)15/h3-6H,1-2H3,(H,16,17)/b9-6+. The van der Waals surface area contributed by atoms with Crippen LogP contribution in [-0.4, -0.2) is 17.3 Å². The molecule has 1 aromatic rings. The van der Waals surface area contributed by atoms with Gasteiger partial charge in [-0.3, -0.25) is 0 Å². The summed E-state index contributed by atoms with van der Waals surface area (Å²) in [6.45, 7) is 3.04. The number of hydrogen-bond donors (Lipinski definition) is 1. The molecular weight excluding hydrogens is 233 g/mol. The average molecular weight is 244 g/mol. The maximum Gasteiger partial charge on any atom is 0.417 e. The molecule has 0 aliphatic heterocycles. The van der Waals surface area contributed by atoms with E-state index in [1.807, 2.05) is 0 Å². The summed E-state index contributed by atoms with van der Waals surface area (Å²) in [5.74, 6) is -1.61. The summed E-state index contributed by atoms with van der Waals surface area (Å²) >= 11 is 0. The van der Waals surface area contributed by atoms with Crippen molar-refractivity contribution in [1.29, 1.82) is 0 Å². The highest BCUT2D eigenvalue weighted by molar-refractivity contribution is 5.92. The second-order valence-corrected chi connectivity index (χ2v) is 3.66. The number of aliphatic carboxylic acids is 1. The van der Waals surface area contributed by atoms with E-state index >= 15 is 0 Å². The molecule has 17 heavy (non-hydrogen) atoms. The maximum absolute atomic E-state index is 12.8. The second-order valence-electron chi connectivity index (χ2n) is 3.66. The highest BCUT2D eigenvalue weighted by atomic mass is 19.4. The molecule has 1 rings (SSSR count). The van der Waals surface area contributed by atoms with Crippen molar-refractivity contribution in [3.63, 3.8) is 0 Å². The highest BCUT2D eigenvalue weighted by Gasteiger charge is 2.36. The fraction of sp³-hybridized carbons (Fsp3) is 0.250. The van der Waals surface area contributed by atoms with Gasteiger partial charge in [-0.1, -0.05) is 18.2 Å². The minimum absolute atomic E-state index is 0.0672. The fourth-order valence-corrected chi connectivity index (χ4v) is 1.66. The summed E-state index contributed by atoms with van der Waals surface area (Å²) in [6, 6.07) is 4.66. The van der Waals surface area contributed by atoms with Gasteiger partial charge in [0.25, 0.3) is 0 Å². The van der Waals surface area contributed by atoms with Gasteiger partial charge in [0.15, 0.2) is 0 Å². The highest BCUT2D eigenvalue weighted by Crippen LogP contribution is 2.36. The van der Waals surface area contributed by atoms with Crippen LogP contribution in [0.25, 0.3) is 5.57 Å². The number of carboxylic acids is 1. The number of benzene rings is 1. The quantitative estimate of drug-likeness (QED) is 0.810. The zero-order chi connectivity index (χ0) is 13.2. The first kappa shape index (κ1) is 13.3. The van der Waals surface area contributed by atoms with Crippen LogP contribution in [0.5, 0.6) is 0 Å². The molecule has 0 heterocycles. The first-order valence-electron chi connectivity index (χ1n) is 4.82. The van der Waals surface area contributed by atoms with E-state index in [0.717, 1.165) is 0 Å². The minimum Gasteiger partial charge on any atom is -0.478 e. The molecule has 0 aromatic heterocycles. The molecule has 0 unspecified atom stereocenters. The van der Waals surface area contributed by atoms with E-state index in [1.54, 1.807) is 6.07 Å². The van der Waals surface area contributed by atoms with Crippen LogP contribution >= 0.6 is 0 Å². The molecule has 0 saturated heterocycles. The van der Waals surface area contributed by atoms with Crippen molar-refractivity contribution in [2.24, 2.45) is 0 Å². The molecule has 0 amide bonds. The molecule has 0 bridgehead atoms. The lowest BCUT2D eigenvalue weighted by Gasteiger charge is -2.16. The molecule has 0 aliphatic rings. The monoisotopic (exact) mass is 244 g/mol. The number of hydrogen-bond acceptors (Lipinski definition) is 1. The van der Waals surface area contributed by atoms with Gasteiger partial charge in [0, 0.05) is 6.08 Å². The van der Waals surface area contributed by atoms with E-state index in [0.29, 0.717) is 11.1 Å². The van der Waals surface area contributed by atoms with E-state index in [9.17, 15) is 18.0 Å². The SMILES string of the molecule is Cc1cccc(C)c1/C(=C\C(=O)O)C(F)(F)F. The first-order valence-corrected chi connectivity index (χ1v) is 4.82. The first-order chi connectivity index (χ1) is 7.73. The van der Waals surface area contributed by atoms with Gasteiger partial charge >= 0.3 is 12.1 Å². The van der Waals surface area contributed by atoms with E-state index in [2.05, 4.69) is 0 Å². The Labute approximate surface area is 96.4 Å². The molecule has 0 spiro atoms. The number of carboxylic acid groups (broad SMARTS) is 1. The predicted octanol–water partition coefficient (Wildman–Crippen LogP) is 3.33. The number of aryl methyl sites for hydroxylation is 2. The Morgan fingerprint density at radius 1 is 1.24 bits per heavy atom. The lowest BCUT2D eigenvalue weighted by molar-refractivity contribution is -0.131. The lowest BCUT2D eigenvalue weighted by Crippen LogP contribution is -2.14. The molecule has 0 radical (unpaired) electrons. The van der Waals surface area contributed by atoms with Crippen molar-refractivity contribution >= 4 is 11.5 Å². The molecular formula is C12H11F3O2. The topological polar surface area (TPSA) is 37.3 Å². The van der Waals surface area contributed by atoms with Crippen LogP contribution in [0.2, 0.25) is 0 Å². The molecule has 2 nitrogen and oxygen atoms in total. The van der Waals surface area contributed by atoms with Gasteiger partial charge < -0.3 is 5.11 Å². The number of halogens is 3. The van der Waals surface area contributed by atoms with Crippen LogP contribution in [0, 0.1) is 13.8 Å². The number of carbonyl (C=O) groups is 1. The molecule has 1 N–H and O–H groups in total. The predicted molar refractivity (Wildman–Crippen MR) is 57.6 cm³/mol. The van der Waals surface area contributed by atoms with Crippen LogP contribution in [0.15, 0.2) is 24.3 Å². The Morgan fingerprint density at radius 3 is 2.06 bits per heavy atom. The molecule has 0 saturated carbocycles. The Bertz CT molecular complexity index is 453. The van der Waals surface area contributed by atoms with Crippen LogP contribution in [0.3, 0.4) is 0 Å². The average Bonchev–Trinajstić information content (AvgIpc) is 2.13. The second kappa shape index (κ2) is 4.61. The van der Waals surface area contributed by atoms with Crippen LogP contribution in [0.4, 0.5) is 13.2 Å². The number of alkyl halides is 3. The lowest BCUT2D eigenvalue weighted by atomic mass is 9.95. The third kappa shape index (κ3) is 3.09. The van der Waals surface area contributed by atoms with E-state index in [4.69, 9.17) is 5.11 Å². The van der Waals surface area contributed by atoms with E-state index < -0.39 is 17.7 Å². The van der Waals surface area contributed by atoms with E-state index in [1.165, 1.54) is 26.0 Å². The molecule has 0 fully saturated rings. The molecule has 92 valence electrons. The van der Waals surface area contributed by atoms with Gasteiger partial charge in [-0.05, 0) is 30.5 Å². The van der Waals surface area contributed by atoms with Gasteiger partial charge in [0.2, 0.25) is 0 Å². The minimum atomic E-state index is -4.69. The van der Waals surface area contributed by atoms with Crippen LogP contribution < -0.4 is 0 Å². The normalized spacial score (nSPS) is 12.6. The largest absolute Gasteiger partial charge is 0.478 e. The summed E-state index contributed by atoms with van der Waals surface area (Å²) in [7, 11) is 0. The van der Waals surface area contributed by atoms with Gasteiger partial charge in [-0.2, -0.15) is 13.2 Å².